The minimum Gasteiger partial charge on any atom is -0.367 e. The lowest BCUT2D eigenvalue weighted by molar-refractivity contribution is -0.145. The van der Waals surface area contributed by atoms with E-state index in [2.05, 4.69) is 11.4 Å². The van der Waals surface area contributed by atoms with Crippen LogP contribution in [0.3, 0.4) is 0 Å². The normalized spacial score (nSPS) is 18.8. The summed E-state index contributed by atoms with van der Waals surface area (Å²) in [5, 5.41) is 15.7. The fourth-order valence-electron chi connectivity index (χ4n) is 2.22. The highest BCUT2D eigenvalue weighted by Crippen LogP contribution is 2.29. The number of rotatable bonds is 3. The molecule has 0 radical (unpaired) electrons. The Morgan fingerprint density at radius 2 is 1.84 bits per heavy atom. The molecule has 0 atom stereocenters. The molecule has 1 fully saturated rings. The molecule has 0 bridgehead atoms. The first kappa shape index (κ1) is 14.4. The Labute approximate surface area is 122 Å². The molecule has 0 aliphatic carbocycles. The van der Waals surface area contributed by atoms with Gasteiger partial charge in [-0.25, -0.2) is 0 Å². The fourth-order valence-corrected chi connectivity index (χ4v) is 2.74. The van der Waals surface area contributed by atoms with E-state index in [1.807, 2.05) is 5.06 Å². The highest BCUT2D eigenvalue weighted by atomic mass is 35.5. The molecular weight excluding hydrogens is 285 g/mol. The Balaban J connectivity index is 2.13. The summed E-state index contributed by atoms with van der Waals surface area (Å²) < 4.78 is 0. The molecule has 0 spiro atoms. The van der Waals surface area contributed by atoms with E-state index in [9.17, 15) is 5.26 Å². The predicted octanol–water partition coefficient (Wildman–Crippen LogP) is 3.32. The van der Waals surface area contributed by atoms with Gasteiger partial charge < -0.3 is 10.2 Å². The molecule has 0 saturated carbocycles. The molecule has 1 aromatic carbocycles. The third kappa shape index (κ3) is 3.52. The number of halogens is 2. The number of hydroxylamine groups is 2. The molecule has 1 aliphatic heterocycles. The summed E-state index contributed by atoms with van der Waals surface area (Å²) in [6, 6.07) is 7.58. The van der Waals surface area contributed by atoms with Crippen LogP contribution in [0.1, 0.15) is 12.8 Å². The van der Waals surface area contributed by atoms with Gasteiger partial charge in [-0.1, -0.05) is 23.2 Å². The largest absolute Gasteiger partial charge is 0.367 e. The zero-order chi connectivity index (χ0) is 13.9. The van der Waals surface area contributed by atoms with Crippen LogP contribution in [0.5, 0.6) is 0 Å². The summed E-state index contributed by atoms with van der Waals surface area (Å²) in [5.41, 5.74) is 0.174. The van der Waals surface area contributed by atoms with Gasteiger partial charge in [0.25, 0.3) is 0 Å². The molecule has 1 aromatic rings. The average molecular weight is 300 g/mol. The Kier molecular flexibility index (Phi) is 4.54. The third-order valence-electron chi connectivity index (χ3n) is 3.29. The van der Waals surface area contributed by atoms with Crippen molar-refractivity contribution in [2.45, 2.75) is 18.4 Å². The molecule has 19 heavy (non-hydrogen) atoms. The number of nitrogens with zero attached hydrogens (tertiary/aromatic N) is 2. The summed E-state index contributed by atoms with van der Waals surface area (Å²) in [5.74, 6) is 0. The van der Waals surface area contributed by atoms with Crippen LogP contribution >= 0.6 is 23.2 Å². The van der Waals surface area contributed by atoms with Gasteiger partial charge in [-0.05, 0) is 31.0 Å². The molecule has 1 N–H and O–H groups in total. The van der Waals surface area contributed by atoms with Gasteiger partial charge >= 0.3 is 0 Å². The van der Waals surface area contributed by atoms with Crippen molar-refractivity contribution in [3.8, 4) is 6.07 Å². The molecule has 0 unspecified atom stereocenters. The molecule has 1 aliphatic rings. The Hall–Kier alpha value is -0.990. The minimum atomic E-state index is -0.594. The number of benzene rings is 1. The molecule has 4 nitrogen and oxygen atoms in total. The van der Waals surface area contributed by atoms with E-state index >= 15 is 0 Å². The topological polar surface area (TPSA) is 48.3 Å². The average Bonchev–Trinajstić information content (AvgIpc) is 2.38. The number of anilines is 1. The Bertz CT molecular complexity index is 473. The smallest absolute Gasteiger partial charge is 0.128 e. The summed E-state index contributed by atoms with van der Waals surface area (Å²) in [6.07, 6.45) is 1.36. The van der Waals surface area contributed by atoms with Gasteiger partial charge in [0.2, 0.25) is 0 Å². The van der Waals surface area contributed by atoms with Crippen LogP contribution in [0, 0.1) is 11.3 Å². The van der Waals surface area contributed by atoms with Crippen molar-refractivity contribution >= 4 is 28.9 Å². The molecule has 0 amide bonds. The van der Waals surface area contributed by atoms with Gasteiger partial charge in [-0.2, -0.15) is 10.3 Å². The SMILES string of the molecule is CON1CCC(C#N)(Nc2cc(Cl)cc(Cl)c2)CC1. The summed E-state index contributed by atoms with van der Waals surface area (Å²) in [6.45, 7) is 1.43. The Morgan fingerprint density at radius 1 is 1.26 bits per heavy atom. The maximum absolute atomic E-state index is 9.46. The fraction of sp³-hybridized carbons (Fsp3) is 0.462. The van der Waals surface area contributed by atoms with E-state index in [0.717, 1.165) is 5.69 Å². The molecule has 2 rings (SSSR count). The standard InChI is InChI=1S/C13H15Cl2N3O/c1-19-18-4-2-13(9-16,3-5-18)17-12-7-10(14)6-11(15)8-12/h6-8,17H,2-5H2,1H3. The summed E-state index contributed by atoms with van der Waals surface area (Å²) >= 11 is 11.9. The number of piperidine rings is 1. The first-order valence-electron chi connectivity index (χ1n) is 6.01. The number of nitrogens with one attached hydrogen (secondary N) is 1. The van der Waals surface area contributed by atoms with Crippen LogP contribution in [0.4, 0.5) is 5.69 Å². The lowest BCUT2D eigenvalue weighted by atomic mass is 9.89. The summed E-state index contributed by atoms with van der Waals surface area (Å²) in [7, 11) is 1.64. The van der Waals surface area contributed by atoms with Crippen molar-refractivity contribution in [2.24, 2.45) is 0 Å². The first-order chi connectivity index (χ1) is 9.07. The second kappa shape index (κ2) is 5.98. The minimum absolute atomic E-state index is 0.553. The second-order valence-corrected chi connectivity index (χ2v) is 5.46. The predicted molar refractivity (Wildman–Crippen MR) is 76.2 cm³/mol. The zero-order valence-electron chi connectivity index (χ0n) is 10.6. The first-order valence-corrected chi connectivity index (χ1v) is 6.77. The quantitative estimate of drug-likeness (QED) is 0.930. The van der Waals surface area contributed by atoms with Crippen LogP contribution in [-0.2, 0) is 4.84 Å². The van der Waals surface area contributed by atoms with E-state index in [-0.39, 0.29) is 0 Å². The second-order valence-electron chi connectivity index (χ2n) is 4.59. The van der Waals surface area contributed by atoms with E-state index < -0.39 is 5.54 Å². The van der Waals surface area contributed by atoms with Gasteiger partial charge in [0.15, 0.2) is 0 Å². The van der Waals surface area contributed by atoms with Gasteiger partial charge in [0.1, 0.15) is 5.54 Å². The van der Waals surface area contributed by atoms with Crippen LogP contribution in [0.15, 0.2) is 18.2 Å². The van der Waals surface area contributed by atoms with Crippen molar-refractivity contribution in [2.75, 3.05) is 25.5 Å². The molecule has 1 saturated heterocycles. The Morgan fingerprint density at radius 3 is 2.32 bits per heavy atom. The lowest BCUT2D eigenvalue weighted by Crippen LogP contribution is -2.47. The molecular formula is C13H15Cl2N3O. The highest BCUT2D eigenvalue weighted by Gasteiger charge is 2.35. The zero-order valence-corrected chi connectivity index (χ0v) is 12.1. The van der Waals surface area contributed by atoms with Gasteiger partial charge in [0.05, 0.1) is 13.2 Å². The molecule has 6 heteroatoms. The number of hydrogen-bond acceptors (Lipinski definition) is 4. The van der Waals surface area contributed by atoms with Gasteiger partial charge in [0, 0.05) is 28.8 Å². The molecule has 102 valence electrons. The van der Waals surface area contributed by atoms with Gasteiger partial charge in [-0.15, -0.1) is 0 Å². The van der Waals surface area contributed by atoms with Gasteiger partial charge in [-0.3, -0.25) is 0 Å². The van der Waals surface area contributed by atoms with E-state index in [1.54, 1.807) is 25.3 Å². The monoisotopic (exact) mass is 299 g/mol. The lowest BCUT2D eigenvalue weighted by Gasteiger charge is -2.37. The highest BCUT2D eigenvalue weighted by molar-refractivity contribution is 6.35. The third-order valence-corrected chi connectivity index (χ3v) is 3.73. The van der Waals surface area contributed by atoms with E-state index in [4.69, 9.17) is 28.0 Å². The number of hydrogen-bond donors (Lipinski definition) is 1. The molecule has 1 heterocycles. The van der Waals surface area contributed by atoms with E-state index in [1.165, 1.54) is 0 Å². The van der Waals surface area contributed by atoms with Crippen molar-refractivity contribution in [3.05, 3.63) is 28.2 Å². The van der Waals surface area contributed by atoms with E-state index in [0.29, 0.717) is 36.0 Å². The number of nitriles is 1. The van der Waals surface area contributed by atoms with Crippen molar-refractivity contribution in [3.63, 3.8) is 0 Å². The van der Waals surface area contributed by atoms with Crippen LogP contribution < -0.4 is 5.32 Å². The summed E-state index contributed by atoms with van der Waals surface area (Å²) in [4.78, 5) is 5.17. The van der Waals surface area contributed by atoms with Crippen molar-refractivity contribution < 1.29 is 4.84 Å². The van der Waals surface area contributed by atoms with Crippen LogP contribution in [0.2, 0.25) is 10.0 Å². The maximum atomic E-state index is 9.46. The van der Waals surface area contributed by atoms with Crippen LogP contribution in [0.25, 0.3) is 0 Å². The molecule has 0 aromatic heterocycles. The van der Waals surface area contributed by atoms with Crippen molar-refractivity contribution in [1.82, 2.24) is 5.06 Å². The maximum Gasteiger partial charge on any atom is 0.128 e. The van der Waals surface area contributed by atoms with Crippen molar-refractivity contribution in [1.29, 1.82) is 5.26 Å². The van der Waals surface area contributed by atoms with Crippen LogP contribution in [-0.4, -0.2) is 30.8 Å².